The highest BCUT2D eigenvalue weighted by Gasteiger charge is 2.12. The fraction of sp³-hybridized carbons (Fsp3) is 0.273. The SMILES string of the molecule is CC.CN(N)C(=O)c1cc(C#N)ccc1N. The minimum atomic E-state index is -0.417. The third-order valence-corrected chi connectivity index (χ3v) is 1.73. The van der Waals surface area contributed by atoms with Gasteiger partial charge in [-0.05, 0) is 18.2 Å². The number of hydrogen-bond donors (Lipinski definition) is 2. The Bertz CT molecular complexity index is 407. The highest BCUT2D eigenvalue weighted by atomic mass is 16.2. The predicted octanol–water partition coefficient (Wildman–Crippen LogP) is 1.11. The van der Waals surface area contributed by atoms with Gasteiger partial charge in [0.15, 0.2) is 0 Å². The molecule has 5 heteroatoms. The Morgan fingerprint density at radius 3 is 2.44 bits per heavy atom. The largest absolute Gasteiger partial charge is 0.398 e. The van der Waals surface area contributed by atoms with E-state index in [0.717, 1.165) is 5.01 Å². The zero-order valence-electron chi connectivity index (χ0n) is 9.69. The molecule has 0 aliphatic rings. The topological polar surface area (TPSA) is 96.1 Å². The molecule has 86 valence electrons. The van der Waals surface area contributed by atoms with Gasteiger partial charge in [-0.1, -0.05) is 13.8 Å². The predicted molar refractivity (Wildman–Crippen MR) is 63.2 cm³/mol. The van der Waals surface area contributed by atoms with Crippen molar-refractivity contribution in [3.8, 4) is 6.07 Å². The molecule has 1 amide bonds. The Hall–Kier alpha value is -2.06. The second kappa shape index (κ2) is 6.43. The maximum atomic E-state index is 11.4. The van der Waals surface area contributed by atoms with Crippen molar-refractivity contribution in [3.05, 3.63) is 29.3 Å². The van der Waals surface area contributed by atoms with E-state index in [1.54, 1.807) is 6.07 Å². The standard InChI is InChI=1S/C9H10N4O.C2H6/c1-13(12)9(14)7-4-6(5-10)2-3-8(7)11;1-2/h2-4H,11-12H2,1H3;1-2H3. The maximum Gasteiger partial charge on any atom is 0.269 e. The summed E-state index contributed by atoms with van der Waals surface area (Å²) in [5.74, 6) is 4.86. The molecule has 1 rings (SSSR count). The summed E-state index contributed by atoms with van der Waals surface area (Å²) in [5, 5.41) is 9.55. The van der Waals surface area contributed by atoms with Crippen LogP contribution in [-0.2, 0) is 0 Å². The average Bonchev–Trinajstić information content (AvgIpc) is 2.31. The van der Waals surface area contributed by atoms with E-state index in [2.05, 4.69) is 0 Å². The zero-order valence-corrected chi connectivity index (χ0v) is 9.69. The number of hydrogen-bond acceptors (Lipinski definition) is 4. The lowest BCUT2D eigenvalue weighted by molar-refractivity contribution is 0.0796. The van der Waals surface area contributed by atoms with E-state index in [0.29, 0.717) is 11.3 Å². The number of nitrogens with two attached hydrogens (primary N) is 2. The van der Waals surface area contributed by atoms with Gasteiger partial charge in [0.2, 0.25) is 0 Å². The van der Waals surface area contributed by atoms with Crippen molar-refractivity contribution < 1.29 is 4.79 Å². The van der Waals surface area contributed by atoms with Gasteiger partial charge in [-0.3, -0.25) is 9.80 Å². The summed E-state index contributed by atoms with van der Waals surface area (Å²) in [6, 6.07) is 6.39. The summed E-state index contributed by atoms with van der Waals surface area (Å²) in [4.78, 5) is 11.4. The first-order valence-corrected chi connectivity index (χ1v) is 4.88. The second-order valence-electron chi connectivity index (χ2n) is 2.83. The van der Waals surface area contributed by atoms with Crippen molar-refractivity contribution in [1.29, 1.82) is 5.26 Å². The summed E-state index contributed by atoms with van der Waals surface area (Å²) in [5.41, 5.74) is 6.51. The Kier molecular flexibility index (Phi) is 5.60. The van der Waals surface area contributed by atoms with Crippen molar-refractivity contribution >= 4 is 11.6 Å². The summed E-state index contributed by atoms with van der Waals surface area (Å²) in [6.45, 7) is 4.00. The summed E-state index contributed by atoms with van der Waals surface area (Å²) >= 11 is 0. The number of benzene rings is 1. The van der Waals surface area contributed by atoms with Crippen LogP contribution in [0.2, 0.25) is 0 Å². The van der Waals surface area contributed by atoms with E-state index < -0.39 is 5.91 Å². The van der Waals surface area contributed by atoms with Gasteiger partial charge in [-0.25, -0.2) is 5.84 Å². The van der Waals surface area contributed by atoms with Crippen molar-refractivity contribution in [2.45, 2.75) is 13.8 Å². The lowest BCUT2D eigenvalue weighted by Crippen LogP contribution is -2.33. The van der Waals surface area contributed by atoms with Crippen molar-refractivity contribution in [2.24, 2.45) is 5.84 Å². The lowest BCUT2D eigenvalue weighted by Gasteiger charge is -2.11. The Labute approximate surface area is 95.2 Å². The molecular formula is C11H16N4O. The molecule has 4 N–H and O–H groups in total. The summed E-state index contributed by atoms with van der Waals surface area (Å²) < 4.78 is 0. The lowest BCUT2D eigenvalue weighted by atomic mass is 10.1. The molecule has 0 bridgehead atoms. The molecule has 5 nitrogen and oxygen atoms in total. The molecule has 16 heavy (non-hydrogen) atoms. The van der Waals surface area contributed by atoms with Gasteiger partial charge in [-0.15, -0.1) is 0 Å². The molecule has 0 atom stereocenters. The Balaban J connectivity index is 0.00000106. The van der Waals surface area contributed by atoms with E-state index in [1.807, 2.05) is 19.9 Å². The molecule has 0 aromatic heterocycles. The molecule has 0 saturated carbocycles. The molecular weight excluding hydrogens is 204 g/mol. The van der Waals surface area contributed by atoms with Crippen LogP contribution < -0.4 is 11.6 Å². The zero-order chi connectivity index (χ0) is 12.7. The molecule has 1 aromatic carbocycles. The minimum Gasteiger partial charge on any atom is -0.398 e. The monoisotopic (exact) mass is 220 g/mol. The van der Waals surface area contributed by atoms with Crippen LogP contribution in [-0.4, -0.2) is 18.0 Å². The van der Waals surface area contributed by atoms with Crippen molar-refractivity contribution in [3.63, 3.8) is 0 Å². The second-order valence-corrected chi connectivity index (χ2v) is 2.83. The van der Waals surface area contributed by atoms with Crippen molar-refractivity contribution in [1.82, 2.24) is 5.01 Å². The molecule has 0 aliphatic carbocycles. The number of nitrogen functional groups attached to an aromatic ring is 1. The number of nitrogens with zero attached hydrogens (tertiary/aromatic N) is 2. The smallest absolute Gasteiger partial charge is 0.269 e. The van der Waals surface area contributed by atoms with Gasteiger partial charge >= 0.3 is 0 Å². The van der Waals surface area contributed by atoms with Crippen LogP contribution in [0.25, 0.3) is 0 Å². The van der Waals surface area contributed by atoms with Crippen LogP contribution in [0.4, 0.5) is 5.69 Å². The van der Waals surface area contributed by atoms with E-state index in [9.17, 15) is 4.79 Å². The molecule has 0 unspecified atom stereocenters. The number of hydrazine groups is 1. The van der Waals surface area contributed by atoms with Crippen LogP contribution >= 0.6 is 0 Å². The first-order chi connectivity index (χ1) is 7.56. The quantitative estimate of drug-likeness (QED) is 0.321. The summed E-state index contributed by atoms with van der Waals surface area (Å²) in [6.07, 6.45) is 0. The number of amides is 1. The third kappa shape index (κ3) is 3.26. The van der Waals surface area contributed by atoms with Gasteiger partial charge in [0.1, 0.15) is 0 Å². The first kappa shape index (κ1) is 13.9. The molecule has 0 heterocycles. The highest BCUT2D eigenvalue weighted by molar-refractivity contribution is 5.99. The van der Waals surface area contributed by atoms with Crippen LogP contribution in [0.15, 0.2) is 18.2 Å². The van der Waals surface area contributed by atoms with Crippen molar-refractivity contribution in [2.75, 3.05) is 12.8 Å². The number of rotatable bonds is 1. The van der Waals surface area contributed by atoms with E-state index >= 15 is 0 Å². The normalized spacial score (nSPS) is 8.44. The molecule has 0 spiro atoms. The molecule has 0 radical (unpaired) electrons. The first-order valence-electron chi connectivity index (χ1n) is 4.88. The van der Waals surface area contributed by atoms with Crippen LogP contribution in [0.1, 0.15) is 29.8 Å². The fourth-order valence-electron chi connectivity index (χ4n) is 1.00. The van der Waals surface area contributed by atoms with Gasteiger partial charge in [0, 0.05) is 12.7 Å². The highest BCUT2D eigenvalue weighted by Crippen LogP contribution is 2.14. The molecule has 1 aromatic rings. The average molecular weight is 220 g/mol. The van der Waals surface area contributed by atoms with Crippen LogP contribution in [0, 0.1) is 11.3 Å². The number of carbonyl (C=O) groups is 1. The number of anilines is 1. The van der Waals surface area contributed by atoms with Gasteiger partial charge in [0.05, 0.1) is 17.2 Å². The van der Waals surface area contributed by atoms with Crippen LogP contribution in [0.3, 0.4) is 0 Å². The van der Waals surface area contributed by atoms with Gasteiger partial charge in [0.25, 0.3) is 5.91 Å². The molecule has 0 saturated heterocycles. The fourth-order valence-corrected chi connectivity index (χ4v) is 1.00. The molecule has 0 fully saturated rings. The minimum absolute atomic E-state index is 0.244. The van der Waals surface area contributed by atoms with E-state index in [4.69, 9.17) is 16.8 Å². The number of nitriles is 1. The Morgan fingerprint density at radius 1 is 1.44 bits per heavy atom. The number of carbonyl (C=O) groups excluding carboxylic acids is 1. The van der Waals surface area contributed by atoms with Gasteiger partial charge < -0.3 is 5.73 Å². The molecule has 0 aliphatic heterocycles. The van der Waals surface area contributed by atoms with Gasteiger partial charge in [-0.2, -0.15) is 5.26 Å². The van der Waals surface area contributed by atoms with Crippen LogP contribution in [0.5, 0.6) is 0 Å². The maximum absolute atomic E-state index is 11.4. The van der Waals surface area contributed by atoms with E-state index in [1.165, 1.54) is 19.2 Å². The van der Waals surface area contributed by atoms with E-state index in [-0.39, 0.29) is 5.56 Å². The Morgan fingerprint density at radius 2 is 2.00 bits per heavy atom. The third-order valence-electron chi connectivity index (χ3n) is 1.73. The summed E-state index contributed by atoms with van der Waals surface area (Å²) in [7, 11) is 1.42.